The molecule has 1 fully saturated rings. The van der Waals surface area contributed by atoms with Crippen molar-refractivity contribution in [3.63, 3.8) is 0 Å². The third kappa shape index (κ3) is 2.17. The van der Waals surface area contributed by atoms with E-state index in [2.05, 4.69) is 4.90 Å². The van der Waals surface area contributed by atoms with E-state index < -0.39 is 0 Å². The number of primary amides is 1. The Bertz CT molecular complexity index is 154. The van der Waals surface area contributed by atoms with Gasteiger partial charge in [0, 0.05) is 31.6 Å². The smallest absolute Gasteiger partial charge is 0.218 e. The fraction of sp³-hybridized carbons (Fsp3) is 0.857. The molecule has 1 saturated heterocycles. The lowest BCUT2D eigenvalue weighted by atomic mass is 10.1. The molecule has 1 aliphatic heterocycles. The average Bonchev–Trinajstić information content (AvgIpc) is 1.79. The Morgan fingerprint density at radius 2 is 2.27 bits per heavy atom. The Labute approximate surface area is 66.5 Å². The number of hydrogen-bond acceptors (Lipinski definition) is 3. The van der Waals surface area contributed by atoms with E-state index in [0.717, 1.165) is 13.1 Å². The van der Waals surface area contributed by atoms with Gasteiger partial charge in [-0.2, -0.15) is 0 Å². The first-order chi connectivity index (χ1) is 5.09. The molecule has 0 aliphatic carbocycles. The van der Waals surface area contributed by atoms with Crippen LogP contribution in [0, 0.1) is 0 Å². The predicted octanol–water partition coefficient (Wildman–Crippen LogP) is -1.11. The minimum absolute atomic E-state index is 0.238. The Kier molecular flexibility index (Phi) is 2.46. The van der Waals surface area contributed by atoms with Crippen molar-refractivity contribution >= 4 is 5.91 Å². The highest BCUT2D eigenvalue weighted by atomic mass is 16.1. The van der Waals surface area contributed by atoms with E-state index in [1.165, 1.54) is 0 Å². The minimum atomic E-state index is -0.238. The number of rotatable bonds is 3. The lowest BCUT2D eigenvalue weighted by Gasteiger charge is -2.40. The lowest BCUT2D eigenvalue weighted by molar-refractivity contribution is -0.119. The van der Waals surface area contributed by atoms with Gasteiger partial charge in [0.25, 0.3) is 0 Å². The highest BCUT2D eigenvalue weighted by Gasteiger charge is 2.27. The second-order valence-electron chi connectivity index (χ2n) is 3.23. The molecular formula is C7H15N3O. The van der Waals surface area contributed by atoms with Gasteiger partial charge in [-0.3, -0.25) is 9.69 Å². The monoisotopic (exact) mass is 157 g/mol. The van der Waals surface area contributed by atoms with Crippen LogP contribution in [0.5, 0.6) is 0 Å². The van der Waals surface area contributed by atoms with Crippen LogP contribution >= 0.6 is 0 Å². The highest BCUT2D eigenvalue weighted by Crippen LogP contribution is 2.12. The predicted molar refractivity (Wildman–Crippen MR) is 42.8 cm³/mol. The molecule has 0 radical (unpaired) electrons. The highest BCUT2D eigenvalue weighted by molar-refractivity contribution is 5.74. The standard InChI is InChI=1S/C7H15N3O/c1-5(2-7(9)11)10-3-6(8)4-10/h5-6H,2-4,8H2,1H3,(H2,9,11). The SMILES string of the molecule is CC(CC(N)=O)N1CC(N)C1. The fourth-order valence-electron chi connectivity index (χ4n) is 1.33. The van der Waals surface area contributed by atoms with Gasteiger partial charge in [0.05, 0.1) is 0 Å². The largest absolute Gasteiger partial charge is 0.370 e. The molecule has 0 saturated carbocycles. The summed E-state index contributed by atoms with van der Waals surface area (Å²) in [6.07, 6.45) is 0.437. The molecule has 1 rings (SSSR count). The van der Waals surface area contributed by atoms with E-state index in [9.17, 15) is 4.79 Å². The van der Waals surface area contributed by atoms with Crippen molar-refractivity contribution in [3.05, 3.63) is 0 Å². The normalized spacial score (nSPS) is 22.7. The molecule has 0 aromatic rings. The average molecular weight is 157 g/mol. The molecule has 0 aromatic heterocycles. The van der Waals surface area contributed by atoms with E-state index in [4.69, 9.17) is 11.5 Å². The maximum atomic E-state index is 10.5. The zero-order valence-electron chi connectivity index (χ0n) is 6.79. The third-order valence-corrected chi connectivity index (χ3v) is 2.06. The summed E-state index contributed by atoms with van der Waals surface area (Å²) in [6, 6.07) is 0.553. The summed E-state index contributed by atoms with van der Waals surface area (Å²) >= 11 is 0. The molecule has 1 heterocycles. The van der Waals surface area contributed by atoms with Crippen LogP contribution < -0.4 is 11.5 Å². The molecule has 4 N–H and O–H groups in total. The van der Waals surface area contributed by atoms with Crippen LogP contribution in [0.4, 0.5) is 0 Å². The topological polar surface area (TPSA) is 72.4 Å². The summed E-state index contributed by atoms with van der Waals surface area (Å²) in [6.45, 7) is 3.79. The zero-order valence-corrected chi connectivity index (χ0v) is 6.79. The molecule has 1 amide bonds. The van der Waals surface area contributed by atoms with Crippen molar-refractivity contribution in [2.75, 3.05) is 13.1 Å². The summed E-state index contributed by atoms with van der Waals surface area (Å²) in [5.74, 6) is -0.238. The number of hydrogen-bond donors (Lipinski definition) is 2. The maximum Gasteiger partial charge on any atom is 0.218 e. The van der Waals surface area contributed by atoms with Gasteiger partial charge in [-0.15, -0.1) is 0 Å². The molecule has 11 heavy (non-hydrogen) atoms. The molecule has 64 valence electrons. The van der Waals surface area contributed by atoms with Crippen molar-refractivity contribution in [2.24, 2.45) is 11.5 Å². The molecule has 1 aliphatic rings. The molecule has 4 nitrogen and oxygen atoms in total. The molecule has 0 bridgehead atoms. The van der Waals surface area contributed by atoms with Gasteiger partial charge in [0.15, 0.2) is 0 Å². The second kappa shape index (κ2) is 3.19. The van der Waals surface area contributed by atoms with Crippen LogP contribution in [0.1, 0.15) is 13.3 Å². The van der Waals surface area contributed by atoms with Gasteiger partial charge in [0.1, 0.15) is 0 Å². The Morgan fingerprint density at radius 3 is 2.64 bits per heavy atom. The van der Waals surface area contributed by atoms with Crippen molar-refractivity contribution < 1.29 is 4.79 Å². The van der Waals surface area contributed by atoms with Crippen molar-refractivity contribution in [1.29, 1.82) is 0 Å². The van der Waals surface area contributed by atoms with Crippen LogP contribution in [-0.2, 0) is 4.79 Å². The Balaban J connectivity index is 2.21. The molecule has 1 atom stereocenters. The first-order valence-electron chi connectivity index (χ1n) is 3.87. The Morgan fingerprint density at radius 1 is 1.73 bits per heavy atom. The summed E-state index contributed by atoms with van der Waals surface area (Å²) < 4.78 is 0. The van der Waals surface area contributed by atoms with Crippen LogP contribution in [0.15, 0.2) is 0 Å². The first-order valence-corrected chi connectivity index (χ1v) is 3.87. The van der Waals surface area contributed by atoms with Crippen molar-refractivity contribution in [2.45, 2.75) is 25.4 Å². The van der Waals surface area contributed by atoms with E-state index >= 15 is 0 Å². The number of amides is 1. The maximum absolute atomic E-state index is 10.5. The van der Waals surface area contributed by atoms with Gasteiger partial charge < -0.3 is 11.5 Å². The van der Waals surface area contributed by atoms with Crippen LogP contribution in [-0.4, -0.2) is 36.0 Å². The van der Waals surface area contributed by atoms with E-state index in [-0.39, 0.29) is 11.9 Å². The molecule has 4 heteroatoms. The Hall–Kier alpha value is -0.610. The number of likely N-dealkylation sites (tertiary alicyclic amines) is 1. The number of nitrogens with zero attached hydrogens (tertiary/aromatic N) is 1. The number of nitrogens with two attached hydrogens (primary N) is 2. The van der Waals surface area contributed by atoms with Gasteiger partial charge in [-0.05, 0) is 6.92 Å². The summed E-state index contributed by atoms with van der Waals surface area (Å²) in [7, 11) is 0. The van der Waals surface area contributed by atoms with Crippen LogP contribution in [0.2, 0.25) is 0 Å². The van der Waals surface area contributed by atoms with E-state index in [1.807, 2.05) is 6.92 Å². The number of carbonyl (C=O) groups is 1. The quantitative estimate of drug-likeness (QED) is 0.546. The van der Waals surface area contributed by atoms with Gasteiger partial charge in [-0.1, -0.05) is 0 Å². The summed E-state index contributed by atoms with van der Waals surface area (Å²) in [5.41, 5.74) is 10.6. The second-order valence-corrected chi connectivity index (χ2v) is 3.23. The van der Waals surface area contributed by atoms with Crippen molar-refractivity contribution in [3.8, 4) is 0 Å². The van der Waals surface area contributed by atoms with Gasteiger partial charge >= 0.3 is 0 Å². The lowest BCUT2D eigenvalue weighted by Crippen LogP contribution is -2.59. The van der Waals surface area contributed by atoms with Crippen LogP contribution in [0.3, 0.4) is 0 Å². The minimum Gasteiger partial charge on any atom is -0.370 e. The first kappa shape index (κ1) is 8.49. The fourth-order valence-corrected chi connectivity index (χ4v) is 1.33. The molecule has 1 unspecified atom stereocenters. The molecule has 0 spiro atoms. The molecular weight excluding hydrogens is 142 g/mol. The van der Waals surface area contributed by atoms with Gasteiger partial charge in [-0.25, -0.2) is 0 Å². The summed E-state index contributed by atoms with van der Waals surface area (Å²) in [4.78, 5) is 12.7. The van der Waals surface area contributed by atoms with Crippen molar-refractivity contribution in [1.82, 2.24) is 4.90 Å². The molecule has 0 aromatic carbocycles. The third-order valence-electron chi connectivity index (χ3n) is 2.06. The van der Waals surface area contributed by atoms with E-state index in [1.54, 1.807) is 0 Å². The van der Waals surface area contributed by atoms with E-state index in [0.29, 0.717) is 12.5 Å². The van der Waals surface area contributed by atoms with Gasteiger partial charge in [0.2, 0.25) is 5.91 Å². The number of carbonyl (C=O) groups excluding carboxylic acids is 1. The zero-order chi connectivity index (χ0) is 8.43. The van der Waals surface area contributed by atoms with Crippen LogP contribution in [0.25, 0.3) is 0 Å². The summed E-state index contributed by atoms with van der Waals surface area (Å²) in [5, 5.41) is 0.